The van der Waals surface area contributed by atoms with Crippen LogP contribution in [0.5, 0.6) is 0 Å². The number of carbonyl (C=O) groups is 1. The number of benzene rings is 1. The van der Waals surface area contributed by atoms with Gasteiger partial charge >= 0.3 is 0 Å². The van der Waals surface area contributed by atoms with Gasteiger partial charge in [-0.3, -0.25) is 4.79 Å². The van der Waals surface area contributed by atoms with E-state index in [1.54, 1.807) is 0 Å². The molecule has 0 aliphatic carbocycles. The van der Waals surface area contributed by atoms with Crippen molar-refractivity contribution in [3.63, 3.8) is 0 Å². The molecule has 5 nitrogen and oxygen atoms in total. The third-order valence-corrected chi connectivity index (χ3v) is 7.51. The molecule has 1 aromatic rings. The lowest BCUT2D eigenvalue weighted by Crippen LogP contribution is -2.48. The number of hydrogen-bond acceptors (Lipinski definition) is 3. The van der Waals surface area contributed by atoms with Crippen LogP contribution in [-0.2, 0) is 14.8 Å². The van der Waals surface area contributed by atoms with Crippen LogP contribution in [0.3, 0.4) is 0 Å². The summed E-state index contributed by atoms with van der Waals surface area (Å²) < 4.78 is 40.4. The molecule has 0 aromatic heterocycles. The van der Waals surface area contributed by atoms with Gasteiger partial charge < -0.3 is 4.90 Å². The van der Waals surface area contributed by atoms with Crippen molar-refractivity contribution in [2.75, 3.05) is 26.2 Å². The summed E-state index contributed by atoms with van der Waals surface area (Å²) in [4.78, 5) is 14.6. The summed E-state index contributed by atoms with van der Waals surface area (Å²) in [6.07, 6.45) is 3.32. The molecule has 26 heavy (non-hydrogen) atoms. The number of amides is 1. The lowest BCUT2D eigenvalue weighted by molar-refractivity contribution is -0.138. The highest BCUT2D eigenvalue weighted by atomic mass is 35.5. The van der Waals surface area contributed by atoms with E-state index < -0.39 is 15.8 Å². The van der Waals surface area contributed by atoms with Crippen molar-refractivity contribution in [1.82, 2.24) is 9.21 Å². The topological polar surface area (TPSA) is 57.7 Å². The Kier molecular flexibility index (Phi) is 5.89. The Hall–Kier alpha value is -1.18. The number of sulfonamides is 1. The Morgan fingerprint density at radius 3 is 2.54 bits per heavy atom. The van der Waals surface area contributed by atoms with E-state index in [-0.39, 0.29) is 28.3 Å². The van der Waals surface area contributed by atoms with Crippen LogP contribution in [0.25, 0.3) is 0 Å². The molecule has 144 valence electrons. The van der Waals surface area contributed by atoms with E-state index in [4.69, 9.17) is 11.6 Å². The fraction of sp³-hybridized carbons (Fsp3) is 0.611. The molecular weight excluding hydrogens is 379 g/mol. The highest BCUT2D eigenvalue weighted by Crippen LogP contribution is 2.28. The highest BCUT2D eigenvalue weighted by Gasteiger charge is 2.35. The van der Waals surface area contributed by atoms with Crippen molar-refractivity contribution in [2.45, 2.75) is 37.5 Å². The monoisotopic (exact) mass is 402 g/mol. The van der Waals surface area contributed by atoms with Crippen LogP contribution in [0.4, 0.5) is 4.39 Å². The van der Waals surface area contributed by atoms with Crippen molar-refractivity contribution in [2.24, 2.45) is 11.8 Å². The molecule has 0 spiro atoms. The Labute approximate surface area is 159 Å². The van der Waals surface area contributed by atoms with Gasteiger partial charge in [0.05, 0.1) is 15.8 Å². The van der Waals surface area contributed by atoms with Gasteiger partial charge in [0, 0.05) is 26.2 Å². The Morgan fingerprint density at radius 2 is 1.88 bits per heavy atom. The minimum absolute atomic E-state index is 0.0382. The average molecular weight is 403 g/mol. The van der Waals surface area contributed by atoms with Crippen LogP contribution >= 0.6 is 11.6 Å². The molecule has 0 saturated carbocycles. The van der Waals surface area contributed by atoms with Gasteiger partial charge in [0.2, 0.25) is 15.9 Å². The van der Waals surface area contributed by atoms with Crippen LogP contribution in [0.1, 0.15) is 32.6 Å². The zero-order valence-electron chi connectivity index (χ0n) is 14.8. The third-order valence-electron chi connectivity index (χ3n) is 5.36. The van der Waals surface area contributed by atoms with Gasteiger partial charge in [-0.1, -0.05) is 18.5 Å². The number of carbonyl (C=O) groups excluding carboxylic acids is 1. The first kappa shape index (κ1) is 19.6. The van der Waals surface area contributed by atoms with E-state index >= 15 is 0 Å². The predicted molar refractivity (Wildman–Crippen MR) is 97.9 cm³/mol. The molecule has 8 heteroatoms. The van der Waals surface area contributed by atoms with Crippen LogP contribution in [-0.4, -0.2) is 49.7 Å². The summed E-state index contributed by atoms with van der Waals surface area (Å²) in [7, 11) is -3.80. The summed E-state index contributed by atoms with van der Waals surface area (Å²) in [6, 6.07) is 3.40. The molecule has 2 heterocycles. The molecular formula is C18H24ClFN2O3S. The average Bonchev–Trinajstić information content (AvgIpc) is 2.64. The maximum atomic E-state index is 13.3. The number of rotatable bonds is 3. The number of nitrogens with zero attached hydrogens (tertiary/aromatic N) is 2. The molecule has 1 amide bonds. The van der Waals surface area contributed by atoms with Crippen LogP contribution in [0.15, 0.2) is 23.1 Å². The lowest BCUT2D eigenvalue weighted by atomic mass is 9.94. The summed E-state index contributed by atoms with van der Waals surface area (Å²) in [6.45, 7) is 4.21. The quantitative estimate of drug-likeness (QED) is 0.780. The molecule has 2 aliphatic rings. The van der Waals surface area contributed by atoms with Gasteiger partial charge in [0.1, 0.15) is 5.82 Å². The Morgan fingerprint density at radius 1 is 1.19 bits per heavy atom. The maximum absolute atomic E-state index is 13.3. The van der Waals surface area contributed by atoms with Crippen LogP contribution < -0.4 is 0 Å². The van der Waals surface area contributed by atoms with Crippen molar-refractivity contribution in [3.05, 3.63) is 29.0 Å². The Bertz CT molecular complexity index is 779. The summed E-state index contributed by atoms with van der Waals surface area (Å²) >= 11 is 5.73. The molecule has 1 aromatic carbocycles. The number of hydrogen-bond donors (Lipinski definition) is 0. The highest BCUT2D eigenvalue weighted by molar-refractivity contribution is 7.89. The predicted octanol–water partition coefficient (Wildman–Crippen LogP) is 3.14. The molecule has 1 atom stereocenters. The summed E-state index contributed by atoms with van der Waals surface area (Å²) in [5.74, 6) is -0.293. The van der Waals surface area contributed by atoms with Gasteiger partial charge in [-0.05, 0) is 49.8 Å². The zero-order chi connectivity index (χ0) is 18.9. The van der Waals surface area contributed by atoms with Gasteiger partial charge in [-0.2, -0.15) is 4.31 Å². The molecule has 2 fully saturated rings. The second kappa shape index (κ2) is 7.82. The van der Waals surface area contributed by atoms with E-state index in [2.05, 4.69) is 6.92 Å². The first-order valence-electron chi connectivity index (χ1n) is 9.03. The van der Waals surface area contributed by atoms with Crippen molar-refractivity contribution in [3.8, 4) is 0 Å². The van der Waals surface area contributed by atoms with E-state index in [1.165, 1.54) is 10.4 Å². The molecule has 2 saturated heterocycles. The summed E-state index contributed by atoms with van der Waals surface area (Å²) in [5.41, 5.74) is 0. The SMILES string of the molecule is CC1CCN(C(=O)C2CCCN(S(=O)(=O)c3ccc(F)c(Cl)c3)C2)CC1. The van der Waals surface area contributed by atoms with E-state index in [0.29, 0.717) is 25.3 Å². The first-order valence-corrected chi connectivity index (χ1v) is 10.8. The molecule has 0 radical (unpaired) electrons. The second-order valence-electron chi connectivity index (χ2n) is 7.29. The molecule has 1 unspecified atom stereocenters. The van der Waals surface area contributed by atoms with Crippen molar-refractivity contribution < 1.29 is 17.6 Å². The molecule has 3 rings (SSSR count). The molecule has 0 bridgehead atoms. The van der Waals surface area contributed by atoms with Gasteiger partial charge in [0.25, 0.3) is 0 Å². The molecule has 0 N–H and O–H groups in total. The van der Waals surface area contributed by atoms with Crippen molar-refractivity contribution >= 4 is 27.5 Å². The standard InChI is InChI=1S/C18H24ClFN2O3S/c1-13-6-9-21(10-7-13)18(23)14-3-2-8-22(12-14)26(24,25)15-4-5-17(20)16(19)11-15/h4-5,11,13-14H,2-3,6-10,12H2,1H3. The number of piperidine rings is 2. The minimum Gasteiger partial charge on any atom is -0.342 e. The number of halogens is 2. The second-order valence-corrected chi connectivity index (χ2v) is 9.63. The normalized spacial score (nSPS) is 23.2. The van der Waals surface area contributed by atoms with Gasteiger partial charge in [-0.15, -0.1) is 0 Å². The fourth-order valence-electron chi connectivity index (χ4n) is 3.64. The van der Waals surface area contributed by atoms with E-state index in [0.717, 1.165) is 38.1 Å². The Balaban J connectivity index is 1.73. The lowest BCUT2D eigenvalue weighted by Gasteiger charge is -2.36. The van der Waals surface area contributed by atoms with Crippen molar-refractivity contribution in [1.29, 1.82) is 0 Å². The summed E-state index contributed by atoms with van der Waals surface area (Å²) in [5, 5.41) is -0.224. The minimum atomic E-state index is -3.80. The van der Waals surface area contributed by atoms with Crippen LogP contribution in [0, 0.1) is 17.7 Å². The van der Waals surface area contributed by atoms with Gasteiger partial charge in [-0.25, -0.2) is 12.8 Å². The zero-order valence-corrected chi connectivity index (χ0v) is 16.4. The van der Waals surface area contributed by atoms with Crippen LogP contribution in [0.2, 0.25) is 5.02 Å². The fourth-order valence-corrected chi connectivity index (χ4v) is 5.43. The number of likely N-dealkylation sites (tertiary alicyclic amines) is 1. The first-order chi connectivity index (χ1) is 12.3. The molecule has 2 aliphatic heterocycles. The third kappa shape index (κ3) is 4.05. The van der Waals surface area contributed by atoms with Gasteiger partial charge in [0.15, 0.2) is 0 Å². The maximum Gasteiger partial charge on any atom is 0.243 e. The smallest absolute Gasteiger partial charge is 0.243 e. The van der Waals surface area contributed by atoms with E-state index in [1.807, 2.05) is 4.90 Å². The largest absolute Gasteiger partial charge is 0.342 e. The van der Waals surface area contributed by atoms with E-state index in [9.17, 15) is 17.6 Å².